The van der Waals surface area contributed by atoms with Gasteiger partial charge in [-0.1, -0.05) is 18.2 Å². The first kappa shape index (κ1) is 22.7. The lowest BCUT2D eigenvalue weighted by molar-refractivity contribution is -0.119. The topological polar surface area (TPSA) is 94.2 Å². The Morgan fingerprint density at radius 3 is 2.44 bits per heavy atom. The SMILES string of the molecule is CCn1c(N2CCC(=O)CC2)nc2c(N3CCOCC3)nc(-c3cccc(-c4ccn(C)n4)c3)nc21. The third-order valence-corrected chi connectivity index (χ3v) is 6.92. The fourth-order valence-electron chi connectivity index (χ4n) is 4.97. The van der Waals surface area contributed by atoms with Crippen LogP contribution in [0.1, 0.15) is 19.8 Å². The lowest BCUT2D eigenvalue weighted by Gasteiger charge is -2.28. The second-order valence-corrected chi connectivity index (χ2v) is 9.28. The monoisotopic (exact) mass is 486 g/mol. The molecule has 2 aliphatic heterocycles. The van der Waals surface area contributed by atoms with Crippen molar-refractivity contribution in [2.45, 2.75) is 26.3 Å². The molecule has 0 bridgehead atoms. The molecule has 2 aliphatic rings. The zero-order valence-corrected chi connectivity index (χ0v) is 20.7. The fourth-order valence-corrected chi connectivity index (χ4v) is 4.97. The van der Waals surface area contributed by atoms with E-state index in [0.717, 1.165) is 59.4 Å². The summed E-state index contributed by atoms with van der Waals surface area (Å²) in [6.07, 6.45) is 3.05. The molecule has 5 heterocycles. The van der Waals surface area contributed by atoms with Crippen LogP contribution in [0, 0.1) is 0 Å². The van der Waals surface area contributed by atoms with Gasteiger partial charge in [0.25, 0.3) is 0 Å². The molecule has 10 heteroatoms. The maximum atomic E-state index is 11.9. The van der Waals surface area contributed by atoms with Crippen LogP contribution < -0.4 is 9.80 Å². The van der Waals surface area contributed by atoms with Gasteiger partial charge in [0, 0.05) is 69.9 Å². The lowest BCUT2D eigenvalue weighted by Crippen LogP contribution is -2.37. The van der Waals surface area contributed by atoms with Crippen molar-refractivity contribution in [1.82, 2.24) is 29.3 Å². The second-order valence-electron chi connectivity index (χ2n) is 9.28. The molecule has 1 aromatic carbocycles. The van der Waals surface area contributed by atoms with Gasteiger partial charge in [-0.05, 0) is 19.1 Å². The van der Waals surface area contributed by atoms with Gasteiger partial charge in [0.2, 0.25) is 5.95 Å². The number of anilines is 2. The highest BCUT2D eigenvalue weighted by Crippen LogP contribution is 2.33. The van der Waals surface area contributed by atoms with Gasteiger partial charge in [0.15, 0.2) is 22.8 Å². The number of carbonyl (C=O) groups excluding carboxylic acids is 1. The summed E-state index contributed by atoms with van der Waals surface area (Å²) < 4.78 is 9.57. The zero-order chi connectivity index (χ0) is 24.6. The molecule has 6 rings (SSSR count). The van der Waals surface area contributed by atoms with Gasteiger partial charge in [0.1, 0.15) is 5.78 Å². The number of benzene rings is 1. The van der Waals surface area contributed by atoms with E-state index in [1.54, 1.807) is 4.68 Å². The Labute approximate surface area is 209 Å². The summed E-state index contributed by atoms with van der Waals surface area (Å²) in [6, 6.07) is 10.2. The number of nitrogens with zero attached hydrogens (tertiary/aromatic N) is 8. The highest BCUT2D eigenvalue weighted by molar-refractivity contribution is 5.89. The Kier molecular flexibility index (Phi) is 5.88. The molecule has 3 aromatic heterocycles. The molecule has 0 unspecified atom stereocenters. The van der Waals surface area contributed by atoms with E-state index in [9.17, 15) is 4.79 Å². The Morgan fingerprint density at radius 2 is 1.72 bits per heavy atom. The number of hydrogen-bond acceptors (Lipinski definition) is 8. The first-order chi connectivity index (χ1) is 17.6. The summed E-state index contributed by atoms with van der Waals surface area (Å²) in [7, 11) is 1.92. The average molecular weight is 487 g/mol. The van der Waals surface area contributed by atoms with Gasteiger partial charge in [-0.15, -0.1) is 0 Å². The molecule has 0 radical (unpaired) electrons. The van der Waals surface area contributed by atoms with Crippen LogP contribution in [0.25, 0.3) is 33.8 Å². The van der Waals surface area contributed by atoms with Crippen molar-refractivity contribution in [3.8, 4) is 22.6 Å². The molecule has 2 saturated heterocycles. The van der Waals surface area contributed by atoms with Crippen molar-refractivity contribution < 1.29 is 9.53 Å². The van der Waals surface area contributed by atoms with Gasteiger partial charge < -0.3 is 14.5 Å². The number of fused-ring (bicyclic) bond motifs is 1. The number of ether oxygens (including phenoxy) is 1. The molecular weight excluding hydrogens is 456 g/mol. The van der Waals surface area contributed by atoms with Crippen LogP contribution in [0.15, 0.2) is 36.5 Å². The van der Waals surface area contributed by atoms with Crippen LogP contribution in [0.3, 0.4) is 0 Å². The molecule has 4 aromatic rings. The number of aromatic nitrogens is 6. The van der Waals surface area contributed by atoms with Crippen molar-refractivity contribution in [2.24, 2.45) is 7.05 Å². The Hall–Kier alpha value is -3.79. The summed E-state index contributed by atoms with van der Waals surface area (Å²) in [4.78, 5) is 31.5. The van der Waals surface area contributed by atoms with Gasteiger partial charge in [-0.25, -0.2) is 15.0 Å². The fraction of sp³-hybridized carbons (Fsp3) is 0.423. The van der Waals surface area contributed by atoms with Crippen molar-refractivity contribution in [2.75, 3.05) is 49.2 Å². The van der Waals surface area contributed by atoms with E-state index in [1.807, 2.05) is 31.4 Å². The Morgan fingerprint density at radius 1 is 0.944 bits per heavy atom. The predicted octanol–water partition coefficient (Wildman–Crippen LogP) is 2.92. The minimum absolute atomic E-state index is 0.314. The molecule has 186 valence electrons. The number of morpholine rings is 1. The molecule has 0 N–H and O–H groups in total. The van der Waals surface area contributed by atoms with Crippen LogP contribution in [-0.4, -0.2) is 74.5 Å². The highest BCUT2D eigenvalue weighted by Gasteiger charge is 2.27. The van der Waals surface area contributed by atoms with E-state index in [4.69, 9.17) is 19.7 Å². The first-order valence-electron chi connectivity index (χ1n) is 12.6. The predicted molar refractivity (Wildman–Crippen MR) is 138 cm³/mol. The number of imidazole rings is 1. The molecule has 0 saturated carbocycles. The number of piperidine rings is 1. The van der Waals surface area contributed by atoms with E-state index in [-0.39, 0.29) is 0 Å². The van der Waals surface area contributed by atoms with E-state index in [2.05, 4.69) is 38.5 Å². The quantitative estimate of drug-likeness (QED) is 0.425. The van der Waals surface area contributed by atoms with Crippen molar-refractivity contribution in [1.29, 1.82) is 0 Å². The first-order valence-corrected chi connectivity index (χ1v) is 12.6. The zero-order valence-electron chi connectivity index (χ0n) is 20.7. The maximum Gasteiger partial charge on any atom is 0.207 e. The number of rotatable bonds is 5. The van der Waals surface area contributed by atoms with Crippen molar-refractivity contribution in [3.63, 3.8) is 0 Å². The summed E-state index contributed by atoms with van der Waals surface area (Å²) >= 11 is 0. The Balaban J connectivity index is 1.50. The molecule has 0 aliphatic carbocycles. The smallest absolute Gasteiger partial charge is 0.207 e. The van der Waals surface area contributed by atoms with E-state index >= 15 is 0 Å². The number of carbonyl (C=O) groups is 1. The van der Waals surface area contributed by atoms with Gasteiger partial charge in [0.05, 0.1) is 18.9 Å². The van der Waals surface area contributed by atoms with Crippen molar-refractivity contribution >= 4 is 28.7 Å². The van der Waals surface area contributed by atoms with Crippen LogP contribution in [0.2, 0.25) is 0 Å². The summed E-state index contributed by atoms with van der Waals surface area (Å²) in [6.45, 7) is 7.03. The molecule has 0 amide bonds. The molecular formula is C26H30N8O2. The average Bonchev–Trinajstić information content (AvgIpc) is 3.52. The molecule has 0 spiro atoms. The third-order valence-electron chi connectivity index (χ3n) is 6.92. The number of ketones is 1. The van der Waals surface area contributed by atoms with E-state index < -0.39 is 0 Å². The maximum absolute atomic E-state index is 11.9. The van der Waals surface area contributed by atoms with Gasteiger partial charge >= 0.3 is 0 Å². The largest absolute Gasteiger partial charge is 0.378 e. The van der Waals surface area contributed by atoms with E-state index in [1.165, 1.54) is 0 Å². The van der Waals surface area contributed by atoms with Gasteiger partial charge in [-0.3, -0.25) is 14.0 Å². The van der Waals surface area contributed by atoms with Crippen LogP contribution in [0.5, 0.6) is 0 Å². The number of Topliss-reactive ketones (excluding diaryl/α,β-unsaturated/α-hetero) is 1. The summed E-state index contributed by atoms with van der Waals surface area (Å²) in [5, 5.41) is 4.55. The normalized spacial score (nSPS) is 16.8. The Bertz CT molecular complexity index is 1410. The molecule has 10 nitrogen and oxygen atoms in total. The molecule has 2 fully saturated rings. The van der Waals surface area contributed by atoms with Crippen LogP contribution in [-0.2, 0) is 23.1 Å². The standard InChI is InChI=1S/C26H30N8O2/c1-3-34-25-22(27-26(34)33-11-7-20(35)8-12-33)24(32-13-15-36-16-14-32)28-23(29-25)19-6-4-5-18(17-19)21-9-10-31(2)30-21/h4-6,9-10,17H,3,7-8,11-16H2,1-2H3. The second kappa shape index (κ2) is 9.34. The van der Waals surface area contributed by atoms with E-state index in [0.29, 0.717) is 50.8 Å². The van der Waals surface area contributed by atoms with Crippen LogP contribution in [0.4, 0.5) is 11.8 Å². The van der Waals surface area contributed by atoms with Crippen LogP contribution >= 0.6 is 0 Å². The summed E-state index contributed by atoms with van der Waals surface area (Å²) in [5.41, 5.74) is 4.49. The minimum Gasteiger partial charge on any atom is -0.378 e. The third kappa shape index (κ3) is 4.11. The lowest BCUT2D eigenvalue weighted by atomic mass is 10.1. The van der Waals surface area contributed by atoms with Gasteiger partial charge in [-0.2, -0.15) is 5.10 Å². The highest BCUT2D eigenvalue weighted by atomic mass is 16.5. The molecule has 36 heavy (non-hydrogen) atoms. The van der Waals surface area contributed by atoms with Crippen molar-refractivity contribution in [3.05, 3.63) is 36.5 Å². The molecule has 0 atom stereocenters. The minimum atomic E-state index is 0.314. The summed E-state index contributed by atoms with van der Waals surface area (Å²) in [5.74, 6) is 2.68. The number of hydrogen-bond donors (Lipinski definition) is 0. The number of aryl methyl sites for hydroxylation is 2.